The average molecular weight is 304 g/mol. The van der Waals surface area contributed by atoms with Crippen LogP contribution in [0.15, 0.2) is 40.5 Å². The SMILES string of the molecule is CC1(c2ccccc2)CN(C(=O)c2csc(=O)[nH]2)CCO1. The van der Waals surface area contributed by atoms with Gasteiger partial charge in [-0.05, 0) is 12.5 Å². The summed E-state index contributed by atoms with van der Waals surface area (Å²) in [6, 6.07) is 9.87. The molecule has 0 radical (unpaired) electrons. The lowest BCUT2D eigenvalue weighted by molar-refractivity contribution is -0.0931. The van der Waals surface area contributed by atoms with Crippen LogP contribution in [0.2, 0.25) is 0 Å². The molecule has 1 N–H and O–H groups in total. The van der Waals surface area contributed by atoms with Crippen LogP contribution in [-0.4, -0.2) is 35.5 Å². The first kappa shape index (κ1) is 14.0. The summed E-state index contributed by atoms with van der Waals surface area (Å²) >= 11 is 1.00. The van der Waals surface area contributed by atoms with E-state index in [1.807, 2.05) is 37.3 Å². The van der Waals surface area contributed by atoms with Gasteiger partial charge in [0.25, 0.3) is 5.91 Å². The Bertz CT molecular complexity index is 694. The fourth-order valence-electron chi connectivity index (χ4n) is 2.56. The summed E-state index contributed by atoms with van der Waals surface area (Å²) in [6.45, 7) is 3.45. The van der Waals surface area contributed by atoms with Gasteiger partial charge < -0.3 is 14.6 Å². The first-order valence-electron chi connectivity index (χ1n) is 6.75. The number of carbonyl (C=O) groups excluding carboxylic acids is 1. The lowest BCUT2D eigenvalue weighted by Gasteiger charge is -2.40. The van der Waals surface area contributed by atoms with Crippen LogP contribution in [0.1, 0.15) is 23.0 Å². The van der Waals surface area contributed by atoms with Gasteiger partial charge in [-0.1, -0.05) is 41.7 Å². The lowest BCUT2D eigenvalue weighted by Crippen LogP contribution is -2.50. The molecule has 0 aliphatic carbocycles. The van der Waals surface area contributed by atoms with Crippen molar-refractivity contribution in [3.8, 4) is 0 Å². The molecule has 6 heteroatoms. The van der Waals surface area contributed by atoms with Crippen molar-refractivity contribution in [2.24, 2.45) is 0 Å². The summed E-state index contributed by atoms with van der Waals surface area (Å²) in [5, 5.41) is 1.57. The van der Waals surface area contributed by atoms with Crippen molar-refractivity contribution < 1.29 is 9.53 Å². The monoisotopic (exact) mass is 304 g/mol. The second kappa shape index (κ2) is 5.46. The standard InChI is InChI=1S/C15H16N2O3S/c1-15(11-5-3-2-4-6-11)10-17(7-8-20-15)13(18)12-9-21-14(19)16-12/h2-6,9H,7-8,10H2,1H3,(H,16,19). The summed E-state index contributed by atoms with van der Waals surface area (Å²) in [5.41, 5.74) is 0.870. The Morgan fingerprint density at radius 3 is 2.81 bits per heavy atom. The van der Waals surface area contributed by atoms with Gasteiger partial charge in [0.05, 0.1) is 13.2 Å². The highest BCUT2D eigenvalue weighted by Crippen LogP contribution is 2.29. The Balaban J connectivity index is 1.83. The van der Waals surface area contributed by atoms with Gasteiger partial charge in [-0.2, -0.15) is 0 Å². The van der Waals surface area contributed by atoms with Gasteiger partial charge in [-0.15, -0.1) is 0 Å². The molecule has 1 atom stereocenters. The molecule has 0 saturated carbocycles. The van der Waals surface area contributed by atoms with Gasteiger partial charge in [0.1, 0.15) is 11.3 Å². The van der Waals surface area contributed by atoms with E-state index in [1.165, 1.54) is 0 Å². The zero-order chi connectivity index (χ0) is 14.9. The van der Waals surface area contributed by atoms with Gasteiger partial charge in [-0.3, -0.25) is 9.59 Å². The number of rotatable bonds is 2. The van der Waals surface area contributed by atoms with Crippen LogP contribution in [0.3, 0.4) is 0 Å². The molecule has 2 heterocycles. The third kappa shape index (κ3) is 2.77. The van der Waals surface area contributed by atoms with Gasteiger partial charge >= 0.3 is 4.87 Å². The van der Waals surface area contributed by atoms with Gasteiger partial charge in [0, 0.05) is 11.9 Å². The number of hydrogen-bond acceptors (Lipinski definition) is 4. The topological polar surface area (TPSA) is 62.4 Å². The summed E-state index contributed by atoms with van der Waals surface area (Å²) in [7, 11) is 0. The van der Waals surface area contributed by atoms with E-state index in [0.717, 1.165) is 16.9 Å². The first-order chi connectivity index (χ1) is 10.1. The largest absolute Gasteiger partial charge is 0.367 e. The Morgan fingerprint density at radius 1 is 1.38 bits per heavy atom. The van der Waals surface area contributed by atoms with E-state index in [-0.39, 0.29) is 10.8 Å². The number of morpholine rings is 1. The molecule has 0 bridgehead atoms. The molecule has 1 unspecified atom stereocenters. The Kier molecular flexibility index (Phi) is 3.65. The first-order valence-corrected chi connectivity index (χ1v) is 7.63. The van der Waals surface area contributed by atoms with Crippen molar-refractivity contribution in [1.29, 1.82) is 0 Å². The number of H-pyrrole nitrogens is 1. The minimum Gasteiger partial charge on any atom is -0.367 e. The summed E-state index contributed by atoms with van der Waals surface area (Å²) in [6.07, 6.45) is 0. The maximum atomic E-state index is 12.4. The summed E-state index contributed by atoms with van der Waals surface area (Å²) in [5.74, 6) is -0.154. The highest BCUT2D eigenvalue weighted by atomic mass is 32.1. The number of aromatic amines is 1. The number of thiazole rings is 1. The second-order valence-corrected chi connectivity index (χ2v) is 6.08. The van der Waals surface area contributed by atoms with Crippen molar-refractivity contribution in [2.75, 3.05) is 19.7 Å². The van der Waals surface area contributed by atoms with Crippen molar-refractivity contribution >= 4 is 17.2 Å². The van der Waals surface area contributed by atoms with E-state index in [2.05, 4.69) is 4.98 Å². The number of carbonyl (C=O) groups is 1. The van der Waals surface area contributed by atoms with E-state index in [9.17, 15) is 9.59 Å². The van der Waals surface area contributed by atoms with E-state index in [0.29, 0.717) is 25.4 Å². The minimum atomic E-state index is -0.522. The molecule has 1 aliphatic rings. The number of aromatic nitrogens is 1. The quantitative estimate of drug-likeness (QED) is 0.920. The van der Waals surface area contributed by atoms with Crippen LogP contribution < -0.4 is 4.87 Å². The molecule has 1 aromatic heterocycles. The molecule has 110 valence electrons. The van der Waals surface area contributed by atoms with Crippen LogP contribution >= 0.6 is 11.3 Å². The average Bonchev–Trinajstić information content (AvgIpc) is 2.94. The van der Waals surface area contributed by atoms with Gasteiger partial charge in [-0.25, -0.2) is 0 Å². The maximum absolute atomic E-state index is 12.4. The number of amides is 1. The molecule has 1 fully saturated rings. The predicted molar refractivity (Wildman–Crippen MR) is 80.6 cm³/mol. The number of hydrogen-bond donors (Lipinski definition) is 1. The van der Waals surface area contributed by atoms with Gasteiger partial charge in [0.15, 0.2) is 0 Å². The Labute approximate surface area is 126 Å². The smallest absolute Gasteiger partial charge is 0.305 e. The molecular formula is C15H16N2O3S. The van der Waals surface area contributed by atoms with E-state index in [1.54, 1.807) is 10.3 Å². The Morgan fingerprint density at radius 2 is 2.14 bits per heavy atom. The predicted octanol–water partition coefficient (Wildman–Crippen LogP) is 1.82. The normalized spacial score (nSPS) is 22.2. The molecule has 1 amide bonds. The molecule has 21 heavy (non-hydrogen) atoms. The van der Waals surface area contributed by atoms with E-state index >= 15 is 0 Å². The van der Waals surface area contributed by atoms with Crippen LogP contribution in [0.5, 0.6) is 0 Å². The number of nitrogens with zero attached hydrogens (tertiary/aromatic N) is 1. The van der Waals surface area contributed by atoms with Gasteiger partial charge in [0.2, 0.25) is 0 Å². The van der Waals surface area contributed by atoms with E-state index in [4.69, 9.17) is 4.74 Å². The Hall–Kier alpha value is -1.92. The third-order valence-electron chi connectivity index (χ3n) is 3.70. The van der Waals surface area contributed by atoms with Crippen LogP contribution in [0, 0.1) is 0 Å². The van der Waals surface area contributed by atoms with Crippen LogP contribution in [-0.2, 0) is 10.3 Å². The minimum absolute atomic E-state index is 0.154. The summed E-state index contributed by atoms with van der Waals surface area (Å²) in [4.78, 5) is 27.7. The fraction of sp³-hybridized carbons (Fsp3) is 0.333. The number of ether oxygens (including phenoxy) is 1. The second-order valence-electron chi connectivity index (χ2n) is 5.23. The van der Waals surface area contributed by atoms with Crippen molar-refractivity contribution in [3.63, 3.8) is 0 Å². The molecule has 5 nitrogen and oxygen atoms in total. The molecule has 0 spiro atoms. The van der Waals surface area contributed by atoms with E-state index < -0.39 is 5.60 Å². The fourth-order valence-corrected chi connectivity index (χ4v) is 3.12. The molecule has 2 aromatic rings. The number of nitrogens with one attached hydrogen (secondary N) is 1. The highest BCUT2D eigenvalue weighted by Gasteiger charge is 2.36. The molecule has 1 aromatic carbocycles. The highest BCUT2D eigenvalue weighted by molar-refractivity contribution is 7.07. The molecule has 1 saturated heterocycles. The molecular weight excluding hydrogens is 288 g/mol. The lowest BCUT2D eigenvalue weighted by atomic mass is 9.94. The van der Waals surface area contributed by atoms with Crippen LogP contribution in [0.4, 0.5) is 0 Å². The molecule has 3 rings (SSSR count). The van der Waals surface area contributed by atoms with Crippen molar-refractivity contribution in [2.45, 2.75) is 12.5 Å². The molecule has 1 aliphatic heterocycles. The third-order valence-corrected chi connectivity index (χ3v) is 4.37. The van der Waals surface area contributed by atoms with Crippen LogP contribution in [0.25, 0.3) is 0 Å². The van der Waals surface area contributed by atoms with Crippen molar-refractivity contribution in [1.82, 2.24) is 9.88 Å². The number of benzene rings is 1. The zero-order valence-corrected chi connectivity index (χ0v) is 12.5. The maximum Gasteiger partial charge on any atom is 0.305 e. The summed E-state index contributed by atoms with van der Waals surface area (Å²) < 4.78 is 5.91. The zero-order valence-electron chi connectivity index (χ0n) is 11.7. The van der Waals surface area contributed by atoms with Crippen molar-refractivity contribution in [3.05, 3.63) is 56.6 Å².